The number of nitrogens with zero attached hydrogens (tertiary/aromatic N) is 2. The SMILES string of the molecule is CCCCCCCCSc1ncc(-c2ccc(O[C@H](C)C(=O)OCC)cc2)cn1. The van der Waals surface area contributed by atoms with E-state index in [2.05, 4.69) is 16.9 Å². The molecule has 0 amide bonds. The highest BCUT2D eigenvalue weighted by molar-refractivity contribution is 7.99. The topological polar surface area (TPSA) is 61.3 Å². The molecule has 0 fully saturated rings. The van der Waals surface area contributed by atoms with Crippen LogP contribution in [0.25, 0.3) is 11.1 Å². The lowest BCUT2D eigenvalue weighted by Crippen LogP contribution is -2.25. The maximum absolute atomic E-state index is 11.7. The minimum atomic E-state index is -0.632. The van der Waals surface area contributed by atoms with E-state index in [1.165, 1.54) is 38.5 Å². The molecular formula is C23H32N2O3S. The first-order chi connectivity index (χ1) is 14.1. The average molecular weight is 417 g/mol. The molecule has 0 unspecified atom stereocenters. The lowest BCUT2D eigenvalue weighted by Gasteiger charge is -2.13. The van der Waals surface area contributed by atoms with Crippen LogP contribution in [0.15, 0.2) is 41.8 Å². The van der Waals surface area contributed by atoms with Gasteiger partial charge in [0.1, 0.15) is 5.75 Å². The van der Waals surface area contributed by atoms with E-state index in [1.807, 2.05) is 36.7 Å². The number of benzene rings is 1. The predicted octanol–water partition coefficient (Wildman–Crippen LogP) is 5.93. The zero-order valence-corrected chi connectivity index (χ0v) is 18.5. The maximum Gasteiger partial charge on any atom is 0.347 e. The molecule has 1 heterocycles. The minimum Gasteiger partial charge on any atom is -0.479 e. The van der Waals surface area contributed by atoms with Gasteiger partial charge in [-0.25, -0.2) is 14.8 Å². The van der Waals surface area contributed by atoms with Gasteiger partial charge < -0.3 is 9.47 Å². The molecule has 2 rings (SSSR count). The molecule has 1 atom stereocenters. The van der Waals surface area contributed by atoms with Gasteiger partial charge in [0, 0.05) is 23.7 Å². The zero-order chi connectivity index (χ0) is 20.9. The van der Waals surface area contributed by atoms with Crippen molar-refractivity contribution in [2.24, 2.45) is 0 Å². The average Bonchev–Trinajstić information content (AvgIpc) is 2.74. The van der Waals surface area contributed by atoms with Crippen LogP contribution >= 0.6 is 11.8 Å². The number of hydrogen-bond acceptors (Lipinski definition) is 6. The van der Waals surface area contributed by atoms with Crippen LogP contribution in [0.2, 0.25) is 0 Å². The largest absolute Gasteiger partial charge is 0.479 e. The molecule has 158 valence electrons. The molecule has 0 saturated heterocycles. The molecule has 0 aliphatic carbocycles. The summed E-state index contributed by atoms with van der Waals surface area (Å²) in [4.78, 5) is 20.6. The van der Waals surface area contributed by atoms with Crippen LogP contribution in [-0.2, 0) is 9.53 Å². The molecule has 0 radical (unpaired) electrons. The van der Waals surface area contributed by atoms with Crippen LogP contribution in [0.5, 0.6) is 5.75 Å². The third kappa shape index (κ3) is 8.44. The second kappa shape index (κ2) is 13.2. The molecule has 0 aliphatic rings. The highest BCUT2D eigenvalue weighted by atomic mass is 32.2. The Morgan fingerprint density at radius 1 is 0.966 bits per heavy atom. The third-order valence-corrected chi connectivity index (χ3v) is 5.44. The van der Waals surface area contributed by atoms with Crippen molar-refractivity contribution in [2.45, 2.75) is 70.6 Å². The molecule has 29 heavy (non-hydrogen) atoms. The molecule has 5 nitrogen and oxygen atoms in total. The predicted molar refractivity (Wildman–Crippen MR) is 118 cm³/mol. The number of esters is 1. The Labute approximate surface area is 178 Å². The van der Waals surface area contributed by atoms with Crippen LogP contribution < -0.4 is 4.74 Å². The second-order valence-corrected chi connectivity index (χ2v) is 7.97. The summed E-state index contributed by atoms with van der Waals surface area (Å²) in [6.45, 7) is 6.05. The number of aromatic nitrogens is 2. The molecule has 0 aliphatic heterocycles. The summed E-state index contributed by atoms with van der Waals surface area (Å²) in [7, 11) is 0. The van der Waals surface area contributed by atoms with E-state index in [0.717, 1.165) is 22.0 Å². The van der Waals surface area contributed by atoms with Crippen molar-refractivity contribution >= 4 is 17.7 Å². The Hall–Kier alpha value is -2.08. The summed E-state index contributed by atoms with van der Waals surface area (Å²) in [5, 5.41) is 0.825. The number of hydrogen-bond donors (Lipinski definition) is 0. The summed E-state index contributed by atoms with van der Waals surface area (Å²) < 4.78 is 10.6. The van der Waals surface area contributed by atoms with E-state index in [1.54, 1.807) is 25.6 Å². The Balaban J connectivity index is 1.79. The molecule has 1 aromatic carbocycles. The number of carbonyl (C=O) groups excluding carboxylic acids is 1. The molecule has 0 N–H and O–H groups in total. The first kappa shape index (κ1) is 23.2. The maximum atomic E-state index is 11.7. The van der Waals surface area contributed by atoms with Crippen molar-refractivity contribution in [3.05, 3.63) is 36.7 Å². The lowest BCUT2D eigenvalue weighted by molar-refractivity contribution is -0.150. The lowest BCUT2D eigenvalue weighted by atomic mass is 10.1. The van der Waals surface area contributed by atoms with E-state index < -0.39 is 6.10 Å². The van der Waals surface area contributed by atoms with Crippen LogP contribution in [0, 0.1) is 0 Å². The van der Waals surface area contributed by atoms with E-state index in [-0.39, 0.29) is 5.97 Å². The molecular weight excluding hydrogens is 384 g/mol. The van der Waals surface area contributed by atoms with Crippen LogP contribution in [0.3, 0.4) is 0 Å². The standard InChI is InChI=1S/C23H32N2O3S/c1-4-6-7-8-9-10-15-29-23-24-16-20(17-25-23)19-11-13-21(14-12-19)28-18(3)22(26)27-5-2/h11-14,16-18H,4-10,15H2,1-3H3/t18-/m1/s1. The quantitative estimate of drug-likeness (QED) is 0.175. The number of carbonyl (C=O) groups is 1. The first-order valence-corrected chi connectivity index (χ1v) is 11.5. The molecule has 2 aromatic rings. The fourth-order valence-electron chi connectivity index (χ4n) is 2.82. The monoisotopic (exact) mass is 416 g/mol. The smallest absolute Gasteiger partial charge is 0.347 e. The van der Waals surface area contributed by atoms with Gasteiger partial charge in [0.2, 0.25) is 0 Å². The van der Waals surface area contributed by atoms with Crippen molar-refractivity contribution in [3.63, 3.8) is 0 Å². The van der Waals surface area contributed by atoms with Crippen LogP contribution in [0.4, 0.5) is 0 Å². The Morgan fingerprint density at radius 2 is 1.62 bits per heavy atom. The van der Waals surface area contributed by atoms with Crippen molar-refractivity contribution in [1.82, 2.24) is 9.97 Å². The fourth-order valence-corrected chi connectivity index (χ4v) is 3.61. The number of ether oxygens (including phenoxy) is 2. The molecule has 6 heteroatoms. The minimum absolute atomic E-state index is 0.346. The van der Waals surface area contributed by atoms with Gasteiger partial charge >= 0.3 is 5.97 Å². The van der Waals surface area contributed by atoms with Crippen molar-refractivity contribution < 1.29 is 14.3 Å². The number of thioether (sulfide) groups is 1. The van der Waals surface area contributed by atoms with Gasteiger partial charge in [-0.05, 0) is 38.0 Å². The Bertz CT molecular complexity index is 720. The van der Waals surface area contributed by atoms with E-state index in [9.17, 15) is 4.79 Å². The summed E-state index contributed by atoms with van der Waals surface area (Å²) in [5.41, 5.74) is 1.97. The van der Waals surface area contributed by atoms with Crippen LogP contribution in [-0.4, -0.2) is 34.4 Å². The molecule has 1 aromatic heterocycles. The van der Waals surface area contributed by atoms with E-state index >= 15 is 0 Å². The fraction of sp³-hybridized carbons (Fsp3) is 0.522. The second-order valence-electron chi connectivity index (χ2n) is 6.91. The Morgan fingerprint density at radius 3 is 2.28 bits per heavy atom. The number of unbranched alkanes of at least 4 members (excludes halogenated alkanes) is 5. The molecule has 0 bridgehead atoms. The summed E-state index contributed by atoms with van der Waals surface area (Å²) >= 11 is 1.72. The summed E-state index contributed by atoms with van der Waals surface area (Å²) in [6.07, 6.45) is 10.9. The van der Waals surface area contributed by atoms with Gasteiger partial charge in [0.05, 0.1) is 6.61 Å². The summed E-state index contributed by atoms with van der Waals surface area (Å²) in [5.74, 6) is 1.33. The van der Waals surface area contributed by atoms with Gasteiger partial charge in [-0.1, -0.05) is 62.9 Å². The highest BCUT2D eigenvalue weighted by Gasteiger charge is 2.15. The molecule has 0 saturated carbocycles. The Kier molecular flexibility index (Phi) is 10.6. The number of rotatable bonds is 13. The molecule has 0 spiro atoms. The van der Waals surface area contributed by atoms with Crippen molar-refractivity contribution in [3.8, 4) is 16.9 Å². The van der Waals surface area contributed by atoms with Crippen molar-refractivity contribution in [1.29, 1.82) is 0 Å². The van der Waals surface area contributed by atoms with Gasteiger partial charge in [-0.15, -0.1) is 0 Å². The van der Waals surface area contributed by atoms with E-state index in [4.69, 9.17) is 9.47 Å². The van der Waals surface area contributed by atoms with Gasteiger partial charge in [-0.2, -0.15) is 0 Å². The normalized spacial score (nSPS) is 11.8. The van der Waals surface area contributed by atoms with Crippen molar-refractivity contribution in [2.75, 3.05) is 12.4 Å². The third-order valence-electron chi connectivity index (χ3n) is 4.48. The summed E-state index contributed by atoms with van der Waals surface area (Å²) in [6, 6.07) is 7.56. The van der Waals surface area contributed by atoms with Gasteiger partial charge in [0.25, 0.3) is 0 Å². The van der Waals surface area contributed by atoms with Gasteiger partial charge in [0.15, 0.2) is 11.3 Å². The van der Waals surface area contributed by atoms with E-state index in [0.29, 0.717) is 12.4 Å². The first-order valence-electron chi connectivity index (χ1n) is 10.5. The highest BCUT2D eigenvalue weighted by Crippen LogP contribution is 2.23. The van der Waals surface area contributed by atoms with Crippen LogP contribution in [0.1, 0.15) is 59.3 Å². The van der Waals surface area contributed by atoms with Gasteiger partial charge in [-0.3, -0.25) is 0 Å². The zero-order valence-electron chi connectivity index (χ0n) is 17.7.